The van der Waals surface area contributed by atoms with Crippen LogP contribution in [0.15, 0.2) is 54.9 Å². The van der Waals surface area contributed by atoms with Gasteiger partial charge in [0.25, 0.3) is 5.91 Å². The molecule has 0 saturated heterocycles. The van der Waals surface area contributed by atoms with Crippen molar-refractivity contribution in [1.82, 2.24) is 29.9 Å². The monoisotopic (exact) mass is 427 g/mol. The summed E-state index contributed by atoms with van der Waals surface area (Å²) in [7, 11) is 0. The number of hydrogen-bond acceptors (Lipinski definition) is 5. The van der Waals surface area contributed by atoms with E-state index in [4.69, 9.17) is 10.8 Å². The summed E-state index contributed by atoms with van der Waals surface area (Å²) in [6.07, 6.45) is 3.62. The molecule has 9 heteroatoms. The number of nitrogens with zero attached hydrogens (tertiary/aromatic N) is 5. The number of halogens is 1. The molecular weight excluding hydrogens is 409 g/mol. The molecule has 0 bridgehead atoms. The number of anilines is 1. The minimum absolute atomic E-state index is 0.159. The predicted molar refractivity (Wildman–Crippen MR) is 118 cm³/mol. The highest BCUT2D eigenvalue weighted by Crippen LogP contribution is 2.30. The fraction of sp³-hybridized carbons (Fsp3) is 0.130. The van der Waals surface area contributed by atoms with Gasteiger partial charge in [0.1, 0.15) is 17.2 Å². The molecule has 0 aliphatic carbocycles. The molecule has 5 aromatic rings. The van der Waals surface area contributed by atoms with Crippen molar-refractivity contribution in [3.63, 3.8) is 0 Å². The van der Waals surface area contributed by atoms with Gasteiger partial charge >= 0.3 is 0 Å². The van der Waals surface area contributed by atoms with E-state index in [0.717, 1.165) is 38.6 Å². The van der Waals surface area contributed by atoms with E-state index >= 15 is 0 Å². The first-order valence-electron chi connectivity index (χ1n) is 10.2. The third kappa shape index (κ3) is 2.89. The molecule has 32 heavy (non-hydrogen) atoms. The first-order valence-corrected chi connectivity index (χ1v) is 10.2. The summed E-state index contributed by atoms with van der Waals surface area (Å²) < 4.78 is 15.3. The Morgan fingerprint density at radius 2 is 2.00 bits per heavy atom. The lowest BCUT2D eigenvalue weighted by Crippen LogP contribution is -2.28. The van der Waals surface area contributed by atoms with E-state index in [1.54, 1.807) is 21.8 Å². The topological polar surface area (TPSA) is 106 Å². The van der Waals surface area contributed by atoms with Crippen molar-refractivity contribution < 1.29 is 9.18 Å². The van der Waals surface area contributed by atoms with Crippen LogP contribution in [-0.4, -0.2) is 42.3 Å². The van der Waals surface area contributed by atoms with Crippen LogP contribution < -0.4 is 5.73 Å². The first-order chi connectivity index (χ1) is 15.6. The van der Waals surface area contributed by atoms with Gasteiger partial charge in [0.2, 0.25) is 0 Å². The Morgan fingerprint density at radius 1 is 1.09 bits per heavy atom. The Hall–Kier alpha value is -4.27. The van der Waals surface area contributed by atoms with Gasteiger partial charge in [0, 0.05) is 42.0 Å². The van der Waals surface area contributed by atoms with Gasteiger partial charge in [-0.2, -0.15) is 10.2 Å². The zero-order valence-corrected chi connectivity index (χ0v) is 16.9. The molecule has 0 saturated carbocycles. The summed E-state index contributed by atoms with van der Waals surface area (Å²) in [5, 5.41) is 13.4. The van der Waals surface area contributed by atoms with Gasteiger partial charge < -0.3 is 10.6 Å². The SMILES string of the molecule is Nc1nc2cc(-c3cc[nH]n3)ccc2c2nn(CCN3Cc4ccc(F)cc4C3=O)cc12. The van der Waals surface area contributed by atoms with Crippen molar-refractivity contribution in [3.05, 3.63) is 71.8 Å². The molecule has 3 aromatic heterocycles. The van der Waals surface area contributed by atoms with Crippen LogP contribution in [0, 0.1) is 5.82 Å². The summed E-state index contributed by atoms with van der Waals surface area (Å²) in [4.78, 5) is 18.9. The van der Waals surface area contributed by atoms with Crippen molar-refractivity contribution >= 4 is 33.5 Å². The van der Waals surface area contributed by atoms with E-state index < -0.39 is 5.82 Å². The van der Waals surface area contributed by atoms with E-state index in [1.165, 1.54) is 12.1 Å². The van der Waals surface area contributed by atoms with Crippen LogP contribution >= 0.6 is 0 Å². The van der Waals surface area contributed by atoms with Crippen molar-refractivity contribution in [2.24, 2.45) is 0 Å². The van der Waals surface area contributed by atoms with E-state index in [1.807, 2.05) is 30.5 Å². The minimum atomic E-state index is -0.400. The Morgan fingerprint density at radius 3 is 2.84 bits per heavy atom. The van der Waals surface area contributed by atoms with Gasteiger partial charge in [-0.05, 0) is 35.9 Å². The molecule has 1 aliphatic rings. The second-order valence-electron chi connectivity index (χ2n) is 7.87. The second kappa shape index (κ2) is 6.88. The lowest BCUT2D eigenvalue weighted by Gasteiger charge is -2.15. The lowest BCUT2D eigenvalue weighted by molar-refractivity contribution is 0.0771. The summed E-state index contributed by atoms with van der Waals surface area (Å²) in [5.74, 6) is -0.158. The Bertz CT molecular complexity index is 1510. The standard InChI is InChI=1S/C23H18FN7O/c24-15-3-1-14-11-30(23(32)17(14)10-15)7-8-31-12-18-21(29-31)16-4-2-13(19-5-6-26-28-19)9-20(16)27-22(18)25/h1-6,9-10,12H,7-8,11H2,(H2,25,27)(H,26,28). The Kier molecular flexibility index (Phi) is 3.97. The highest BCUT2D eigenvalue weighted by atomic mass is 19.1. The number of aromatic nitrogens is 5. The quantitative estimate of drug-likeness (QED) is 0.458. The van der Waals surface area contributed by atoms with Crippen molar-refractivity contribution in [2.75, 3.05) is 12.3 Å². The molecule has 1 amide bonds. The average Bonchev–Trinajstić information content (AvgIpc) is 3.52. The van der Waals surface area contributed by atoms with Crippen LogP contribution in [0.1, 0.15) is 15.9 Å². The van der Waals surface area contributed by atoms with E-state index in [2.05, 4.69) is 15.2 Å². The van der Waals surface area contributed by atoms with Gasteiger partial charge in [-0.3, -0.25) is 14.6 Å². The minimum Gasteiger partial charge on any atom is -0.383 e. The number of nitrogens with one attached hydrogen (secondary N) is 1. The maximum Gasteiger partial charge on any atom is 0.254 e. The van der Waals surface area contributed by atoms with Crippen LogP contribution in [0.5, 0.6) is 0 Å². The highest BCUT2D eigenvalue weighted by molar-refractivity contribution is 6.08. The zero-order chi connectivity index (χ0) is 21.8. The number of benzene rings is 2. The zero-order valence-electron chi connectivity index (χ0n) is 16.9. The second-order valence-corrected chi connectivity index (χ2v) is 7.87. The number of aromatic amines is 1. The molecular formula is C23H18FN7O. The number of fused-ring (bicyclic) bond motifs is 4. The van der Waals surface area contributed by atoms with Crippen molar-refractivity contribution in [2.45, 2.75) is 13.1 Å². The largest absolute Gasteiger partial charge is 0.383 e. The molecule has 4 heterocycles. The molecule has 0 atom stereocenters. The fourth-order valence-corrected chi connectivity index (χ4v) is 4.25. The molecule has 1 aliphatic heterocycles. The van der Waals surface area contributed by atoms with E-state index in [9.17, 15) is 9.18 Å². The van der Waals surface area contributed by atoms with Gasteiger partial charge in [-0.25, -0.2) is 9.37 Å². The van der Waals surface area contributed by atoms with Gasteiger partial charge in [-0.1, -0.05) is 12.1 Å². The van der Waals surface area contributed by atoms with E-state index in [-0.39, 0.29) is 5.91 Å². The van der Waals surface area contributed by atoms with Gasteiger partial charge in [-0.15, -0.1) is 0 Å². The Balaban J connectivity index is 1.29. The summed E-state index contributed by atoms with van der Waals surface area (Å²) in [6.45, 7) is 1.42. The van der Waals surface area contributed by atoms with E-state index in [0.29, 0.717) is 31.0 Å². The van der Waals surface area contributed by atoms with Crippen LogP contribution in [0.4, 0.5) is 10.2 Å². The number of nitrogen functional groups attached to an aromatic ring is 1. The van der Waals surface area contributed by atoms with Crippen molar-refractivity contribution in [1.29, 1.82) is 0 Å². The number of hydrogen-bond donors (Lipinski definition) is 2. The van der Waals surface area contributed by atoms with Crippen LogP contribution in [0.25, 0.3) is 33.1 Å². The normalized spacial score (nSPS) is 13.4. The fourth-order valence-electron chi connectivity index (χ4n) is 4.25. The third-order valence-corrected chi connectivity index (χ3v) is 5.88. The van der Waals surface area contributed by atoms with Gasteiger partial charge in [0.15, 0.2) is 0 Å². The highest BCUT2D eigenvalue weighted by Gasteiger charge is 2.27. The number of nitrogens with two attached hydrogens (primary N) is 1. The number of H-pyrrole nitrogens is 1. The molecule has 2 aromatic carbocycles. The summed E-state index contributed by atoms with van der Waals surface area (Å²) in [5.41, 5.74) is 10.8. The van der Waals surface area contributed by atoms with Crippen molar-refractivity contribution in [3.8, 4) is 11.3 Å². The lowest BCUT2D eigenvalue weighted by atomic mass is 10.1. The molecule has 3 N–H and O–H groups in total. The summed E-state index contributed by atoms with van der Waals surface area (Å²) >= 11 is 0. The molecule has 158 valence electrons. The number of pyridine rings is 1. The van der Waals surface area contributed by atoms with Crippen LogP contribution in [-0.2, 0) is 13.1 Å². The number of rotatable bonds is 4. The number of amides is 1. The molecule has 6 rings (SSSR count). The summed E-state index contributed by atoms with van der Waals surface area (Å²) in [6, 6.07) is 12.1. The average molecular weight is 427 g/mol. The van der Waals surface area contributed by atoms with Crippen LogP contribution in [0.3, 0.4) is 0 Å². The number of carbonyl (C=O) groups excluding carboxylic acids is 1. The third-order valence-electron chi connectivity index (χ3n) is 5.88. The molecule has 0 radical (unpaired) electrons. The first kappa shape index (κ1) is 18.5. The molecule has 0 spiro atoms. The smallest absolute Gasteiger partial charge is 0.254 e. The molecule has 0 fully saturated rings. The maximum atomic E-state index is 13.5. The predicted octanol–water partition coefficient (Wildman–Crippen LogP) is 3.35. The molecule has 0 unspecified atom stereocenters. The number of carbonyl (C=O) groups is 1. The Labute approximate surface area is 181 Å². The molecule has 8 nitrogen and oxygen atoms in total. The maximum absolute atomic E-state index is 13.5. The van der Waals surface area contributed by atoms with Gasteiger partial charge in [0.05, 0.1) is 23.1 Å². The van der Waals surface area contributed by atoms with Crippen LogP contribution in [0.2, 0.25) is 0 Å².